The van der Waals surface area contributed by atoms with Crippen LogP contribution in [-0.4, -0.2) is 20.2 Å². The summed E-state index contributed by atoms with van der Waals surface area (Å²) < 4.78 is 5.47. The summed E-state index contributed by atoms with van der Waals surface area (Å²) in [6.45, 7) is 3.55. The molecule has 3 aromatic rings. The van der Waals surface area contributed by atoms with Crippen molar-refractivity contribution in [3.63, 3.8) is 0 Å². The van der Waals surface area contributed by atoms with Gasteiger partial charge in [-0.3, -0.25) is 0 Å². The maximum absolute atomic E-state index is 5.84. The molecule has 0 atom stereocenters. The molecule has 0 aliphatic rings. The highest BCUT2D eigenvalue weighted by molar-refractivity contribution is 5.81. The van der Waals surface area contributed by atoms with Gasteiger partial charge >= 0.3 is 0 Å². The summed E-state index contributed by atoms with van der Waals surface area (Å²) in [6, 6.07) is 5.58. The van der Waals surface area contributed by atoms with E-state index in [4.69, 9.17) is 10.2 Å². The molecular formula is C12H11N5O. The van der Waals surface area contributed by atoms with Gasteiger partial charge in [0.15, 0.2) is 17.3 Å². The van der Waals surface area contributed by atoms with Crippen LogP contribution in [0.5, 0.6) is 0 Å². The zero-order valence-electron chi connectivity index (χ0n) is 10.0. The van der Waals surface area contributed by atoms with E-state index in [9.17, 15) is 0 Å². The lowest BCUT2D eigenvalue weighted by Gasteiger charge is -2.03. The molecule has 0 saturated heterocycles. The lowest BCUT2D eigenvalue weighted by molar-refractivity contribution is 0.561. The van der Waals surface area contributed by atoms with E-state index in [-0.39, 0.29) is 0 Å². The fourth-order valence-electron chi connectivity index (χ4n) is 1.82. The first-order chi connectivity index (χ1) is 8.63. The van der Waals surface area contributed by atoms with Gasteiger partial charge in [0.1, 0.15) is 17.0 Å². The first kappa shape index (κ1) is 10.6. The van der Waals surface area contributed by atoms with Gasteiger partial charge in [-0.2, -0.15) is 0 Å². The minimum atomic E-state index is 0.359. The molecule has 0 aliphatic carbocycles. The van der Waals surface area contributed by atoms with Gasteiger partial charge < -0.3 is 10.2 Å². The molecule has 2 heterocycles. The molecule has 0 aliphatic heterocycles. The maximum atomic E-state index is 5.84. The van der Waals surface area contributed by atoms with Crippen molar-refractivity contribution in [2.75, 3.05) is 5.73 Å². The third kappa shape index (κ3) is 1.67. The number of nitrogens with two attached hydrogens (primary N) is 1. The van der Waals surface area contributed by atoms with Crippen molar-refractivity contribution < 1.29 is 4.42 Å². The molecule has 3 rings (SSSR count). The van der Waals surface area contributed by atoms with Crippen LogP contribution in [0.3, 0.4) is 0 Å². The van der Waals surface area contributed by atoms with E-state index in [2.05, 4.69) is 20.2 Å². The highest BCUT2D eigenvalue weighted by atomic mass is 16.3. The Morgan fingerprint density at radius 3 is 2.72 bits per heavy atom. The molecule has 18 heavy (non-hydrogen) atoms. The van der Waals surface area contributed by atoms with Crippen LogP contribution in [0, 0.1) is 13.8 Å². The van der Waals surface area contributed by atoms with E-state index in [1.54, 1.807) is 13.8 Å². The van der Waals surface area contributed by atoms with Gasteiger partial charge in [-0.25, -0.2) is 9.97 Å². The van der Waals surface area contributed by atoms with Gasteiger partial charge in [-0.15, -0.1) is 10.2 Å². The fourth-order valence-corrected chi connectivity index (χ4v) is 1.82. The molecule has 2 N–H and O–H groups in total. The van der Waals surface area contributed by atoms with Crippen LogP contribution in [0.4, 0.5) is 5.82 Å². The van der Waals surface area contributed by atoms with Crippen molar-refractivity contribution in [1.82, 2.24) is 20.2 Å². The second-order valence-corrected chi connectivity index (χ2v) is 4.01. The molecule has 90 valence electrons. The van der Waals surface area contributed by atoms with Gasteiger partial charge in [0.2, 0.25) is 0 Å². The third-order valence-electron chi connectivity index (χ3n) is 2.59. The summed E-state index contributed by atoms with van der Waals surface area (Å²) in [5, 5.41) is 7.98. The Morgan fingerprint density at radius 1 is 1.11 bits per heavy atom. The van der Waals surface area contributed by atoms with Gasteiger partial charge in [-0.05, 0) is 19.1 Å². The SMILES string of the molecule is Cc1nnc(-c2ccc3nc(C)oc3c2)c(N)n1. The number of aryl methyl sites for hydroxylation is 2. The molecule has 2 aromatic heterocycles. The van der Waals surface area contributed by atoms with Crippen LogP contribution in [0.2, 0.25) is 0 Å². The second-order valence-electron chi connectivity index (χ2n) is 4.01. The van der Waals surface area contributed by atoms with Crippen LogP contribution in [-0.2, 0) is 0 Å². The summed E-state index contributed by atoms with van der Waals surface area (Å²) >= 11 is 0. The summed E-state index contributed by atoms with van der Waals surface area (Å²) in [5.41, 5.74) is 8.72. The van der Waals surface area contributed by atoms with Gasteiger partial charge in [-0.1, -0.05) is 6.07 Å². The Balaban J connectivity index is 2.18. The molecule has 0 amide bonds. The number of fused-ring (bicyclic) bond motifs is 1. The smallest absolute Gasteiger partial charge is 0.192 e. The third-order valence-corrected chi connectivity index (χ3v) is 2.59. The predicted octanol–water partition coefficient (Wildman–Crippen LogP) is 1.88. The van der Waals surface area contributed by atoms with Crippen molar-refractivity contribution in [3.8, 4) is 11.3 Å². The molecule has 0 spiro atoms. The molecule has 6 heteroatoms. The van der Waals surface area contributed by atoms with E-state index in [0.29, 0.717) is 28.8 Å². The molecular weight excluding hydrogens is 230 g/mol. The molecule has 0 bridgehead atoms. The van der Waals surface area contributed by atoms with Crippen molar-refractivity contribution in [2.24, 2.45) is 0 Å². The van der Waals surface area contributed by atoms with Crippen molar-refractivity contribution >= 4 is 16.9 Å². The quantitative estimate of drug-likeness (QED) is 0.699. The number of anilines is 1. The zero-order chi connectivity index (χ0) is 12.7. The minimum Gasteiger partial charge on any atom is -0.441 e. The Kier molecular flexibility index (Phi) is 2.22. The fraction of sp³-hybridized carbons (Fsp3) is 0.167. The summed E-state index contributed by atoms with van der Waals surface area (Å²) in [4.78, 5) is 8.33. The van der Waals surface area contributed by atoms with Crippen LogP contribution >= 0.6 is 0 Å². The number of rotatable bonds is 1. The Morgan fingerprint density at radius 2 is 1.94 bits per heavy atom. The molecule has 0 fully saturated rings. The summed E-state index contributed by atoms with van der Waals surface area (Å²) in [5.74, 6) is 1.54. The molecule has 0 radical (unpaired) electrons. The molecule has 0 unspecified atom stereocenters. The average molecular weight is 241 g/mol. The highest BCUT2D eigenvalue weighted by Gasteiger charge is 2.10. The summed E-state index contributed by atoms with van der Waals surface area (Å²) in [6.07, 6.45) is 0. The lowest BCUT2D eigenvalue weighted by Crippen LogP contribution is -2.01. The number of hydrogen-bond donors (Lipinski definition) is 1. The topological polar surface area (TPSA) is 90.7 Å². The number of hydrogen-bond acceptors (Lipinski definition) is 6. The lowest BCUT2D eigenvalue weighted by atomic mass is 10.1. The highest BCUT2D eigenvalue weighted by Crippen LogP contribution is 2.25. The number of nitrogen functional groups attached to an aromatic ring is 1. The van der Waals surface area contributed by atoms with Crippen LogP contribution in [0.1, 0.15) is 11.7 Å². The molecule has 1 aromatic carbocycles. The minimum absolute atomic E-state index is 0.359. The molecule has 0 saturated carbocycles. The first-order valence-electron chi connectivity index (χ1n) is 5.48. The van der Waals surface area contributed by atoms with Crippen molar-refractivity contribution in [3.05, 3.63) is 29.9 Å². The predicted molar refractivity (Wildman–Crippen MR) is 66.7 cm³/mol. The van der Waals surface area contributed by atoms with E-state index in [0.717, 1.165) is 11.1 Å². The normalized spacial score (nSPS) is 11.0. The second kappa shape index (κ2) is 3.76. The average Bonchev–Trinajstić information content (AvgIpc) is 2.68. The van der Waals surface area contributed by atoms with E-state index < -0.39 is 0 Å². The zero-order valence-corrected chi connectivity index (χ0v) is 10.0. The number of benzene rings is 1. The molecule has 6 nitrogen and oxygen atoms in total. The van der Waals surface area contributed by atoms with Crippen molar-refractivity contribution in [1.29, 1.82) is 0 Å². The van der Waals surface area contributed by atoms with Crippen LogP contribution < -0.4 is 5.73 Å². The maximum Gasteiger partial charge on any atom is 0.192 e. The standard InChI is InChI=1S/C12H11N5O/c1-6-14-12(13)11(17-16-6)8-3-4-9-10(5-8)18-7(2)15-9/h3-5H,1-2H3,(H2,13,14,16). The van der Waals surface area contributed by atoms with Gasteiger partial charge in [0, 0.05) is 12.5 Å². The Hall–Kier alpha value is -2.50. The Labute approximate surface area is 103 Å². The first-order valence-corrected chi connectivity index (χ1v) is 5.48. The summed E-state index contributed by atoms with van der Waals surface area (Å²) in [7, 11) is 0. The van der Waals surface area contributed by atoms with Crippen LogP contribution in [0.25, 0.3) is 22.4 Å². The van der Waals surface area contributed by atoms with Crippen LogP contribution in [0.15, 0.2) is 22.6 Å². The number of oxazole rings is 1. The van der Waals surface area contributed by atoms with Gasteiger partial charge in [0.25, 0.3) is 0 Å². The largest absolute Gasteiger partial charge is 0.441 e. The number of aromatic nitrogens is 4. The number of nitrogens with zero attached hydrogens (tertiary/aromatic N) is 4. The van der Waals surface area contributed by atoms with E-state index in [1.165, 1.54) is 0 Å². The van der Waals surface area contributed by atoms with Gasteiger partial charge in [0.05, 0.1) is 0 Å². The monoisotopic (exact) mass is 241 g/mol. The van der Waals surface area contributed by atoms with Crippen molar-refractivity contribution in [2.45, 2.75) is 13.8 Å². The van der Waals surface area contributed by atoms with E-state index in [1.807, 2.05) is 18.2 Å². The Bertz CT molecular complexity index is 734. The van der Waals surface area contributed by atoms with E-state index >= 15 is 0 Å².